The molecule has 4 heterocycles. The minimum Gasteiger partial charge on any atom is -0.445 e. The standard InChI is InChI=1S/C29H38N4O4/c1-5-6-12-25-31-23-15-30-24-16-32(27(34)35-17-21-10-8-7-9-11-21)14-13-22(24)26(23)33(25)18-29(4)19-36-28(2,3)37-20-29/h7-11,15H,5-6,12-14,16-20H2,1-4H3. The van der Waals surface area contributed by atoms with Crippen LogP contribution in [0.25, 0.3) is 11.0 Å². The molecule has 5 rings (SSSR count). The van der Waals surface area contributed by atoms with E-state index in [4.69, 9.17) is 24.2 Å². The van der Waals surface area contributed by atoms with Gasteiger partial charge in [0.05, 0.1) is 37.2 Å². The van der Waals surface area contributed by atoms with Crippen LogP contribution in [0.15, 0.2) is 36.5 Å². The number of hydrogen-bond donors (Lipinski definition) is 0. The Morgan fingerprint density at radius 3 is 2.62 bits per heavy atom. The number of aryl methyl sites for hydroxylation is 1. The summed E-state index contributed by atoms with van der Waals surface area (Å²) in [6, 6.07) is 9.75. The molecule has 0 bridgehead atoms. The van der Waals surface area contributed by atoms with Gasteiger partial charge in [-0.1, -0.05) is 50.6 Å². The minimum absolute atomic E-state index is 0.164. The molecule has 0 unspecified atom stereocenters. The van der Waals surface area contributed by atoms with Crippen molar-refractivity contribution in [2.45, 2.75) is 78.9 Å². The van der Waals surface area contributed by atoms with Crippen LogP contribution in [0.3, 0.4) is 0 Å². The van der Waals surface area contributed by atoms with Gasteiger partial charge in [0.15, 0.2) is 5.79 Å². The van der Waals surface area contributed by atoms with E-state index in [0.29, 0.717) is 26.3 Å². The molecule has 1 amide bonds. The predicted octanol–water partition coefficient (Wildman–Crippen LogP) is 5.26. The van der Waals surface area contributed by atoms with Gasteiger partial charge in [0.2, 0.25) is 0 Å². The highest BCUT2D eigenvalue weighted by molar-refractivity contribution is 5.80. The molecule has 8 heteroatoms. The number of rotatable bonds is 7. The van der Waals surface area contributed by atoms with Crippen molar-refractivity contribution in [3.63, 3.8) is 0 Å². The van der Waals surface area contributed by atoms with E-state index < -0.39 is 5.79 Å². The fourth-order valence-corrected chi connectivity index (χ4v) is 5.10. The van der Waals surface area contributed by atoms with Crippen molar-refractivity contribution in [2.24, 2.45) is 5.41 Å². The first-order chi connectivity index (χ1) is 17.8. The number of imidazole rings is 1. The lowest BCUT2D eigenvalue weighted by Crippen LogP contribution is -2.47. The molecule has 3 aromatic rings. The van der Waals surface area contributed by atoms with Crippen LogP contribution in [0.5, 0.6) is 0 Å². The Morgan fingerprint density at radius 2 is 1.89 bits per heavy atom. The number of hydrogen-bond acceptors (Lipinski definition) is 6. The van der Waals surface area contributed by atoms with E-state index in [0.717, 1.165) is 60.3 Å². The van der Waals surface area contributed by atoms with Gasteiger partial charge in [-0.05, 0) is 32.3 Å². The molecule has 1 fully saturated rings. The molecule has 1 saturated heterocycles. The molecule has 2 aliphatic heterocycles. The van der Waals surface area contributed by atoms with E-state index in [2.05, 4.69) is 18.4 Å². The summed E-state index contributed by atoms with van der Waals surface area (Å²) in [5.41, 5.74) is 4.97. The molecule has 8 nitrogen and oxygen atoms in total. The fraction of sp³-hybridized carbons (Fsp3) is 0.552. The van der Waals surface area contributed by atoms with Crippen LogP contribution < -0.4 is 0 Å². The second-order valence-electron chi connectivity index (χ2n) is 11.1. The third-order valence-electron chi connectivity index (χ3n) is 7.32. The molecule has 0 radical (unpaired) electrons. The van der Waals surface area contributed by atoms with Crippen LogP contribution >= 0.6 is 0 Å². The summed E-state index contributed by atoms with van der Waals surface area (Å²) in [7, 11) is 0. The van der Waals surface area contributed by atoms with Crippen molar-refractivity contribution in [1.82, 2.24) is 19.4 Å². The quantitative estimate of drug-likeness (QED) is 0.435. The van der Waals surface area contributed by atoms with Crippen molar-refractivity contribution < 1.29 is 19.0 Å². The molecule has 0 spiro atoms. The van der Waals surface area contributed by atoms with Crippen LogP contribution in [0.1, 0.15) is 63.2 Å². The molecule has 0 saturated carbocycles. The zero-order chi connectivity index (χ0) is 26.0. The summed E-state index contributed by atoms with van der Waals surface area (Å²) in [4.78, 5) is 24.3. The number of unbranched alkanes of at least 4 members (excludes halogenated alkanes) is 1. The lowest BCUT2D eigenvalue weighted by atomic mass is 9.91. The van der Waals surface area contributed by atoms with Gasteiger partial charge in [0, 0.05) is 30.5 Å². The predicted molar refractivity (Wildman–Crippen MR) is 141 cm³/mol. The first-order valence-corrected chi connectivity index (χ1v) is 13.4. The summed E-state index contributed by atoms with van der Waals surface area (Å²) in [5.74, 6) is 0.534. The summed E-state index contributed by atoms with van der Waals surface area (Å²) in [6.07, 6.45) is 5.38. The van der Waals surface area contributed by atoms with Gasteiger partial charge in [0.1, 0.15) is 17.9 Å². The molecule has 37 heavy (non-hydrogen) atoms. The van der Waals surface area contributed by atoms with E-state index >= 15 is 0 Å². The third-order valence-corrected chi connectivity index (χ3v) is 7.32. The molecule has 2 aromatic heterocycles. The largest absolute Gasteiger partial charge is 0.445 e. The topological polar surface area (TPSA) is 78.7 Å². The number of pyridine rings is 1. The highest BCUT2D eigenvalue weighted by Gasteiger charge is 2.38. The smallest absolute Gasteiger partial charge is 0.410 e. The zero-order valence-electron chi connectivity index (χ0n) is 22.5. The van der Waals surface area contributed by atoms with Gasteiger partial charge in [-0.15, -0.1) is 0 Å². The molecule has 0 N–H and O–H groups in total. The normalized spacial score (nSPS) is 18.5. The maximum Gasteiger partial charge on any atom is 0.410 e. The monoisotopic (exact) mass is 506 g/mol. The maximum absolute atomic E-state index is 12.8. The number of carbonyl (C=O) groups is 1. The van der Waals surface area contributed by atoms with Crippen molar-refractivity contribution in [2.75, 3.05) is 19.8 Å². The number of fused-ring (bicyclic) bond motifs is 3. The first-order valence-electron chi connectivity index (χ1n) is 13.4. The molecule has 198 valence electrons. The minimum atomic E-state index is -0.552. The van der Waals surface area contributed by atoms with Crippen molar-refractivity contribution in [3.8, 4) is 0 Å². The van der Waals surface area contributed by atoms with E-state index in [9.17, 15) is 4.79 Å². The van der Waals surface area contributed by atoms with Gasteiger partial charge < -0.3 is 23.7 Å². The molecule has 1 aromatic carbocycles. The summed E-state index contributed by atoms with van der Waals surface area (Å²) in [6.45, 7) is 11.7. The Kier molecular flexibility index (Phi) is 7.23. The number of amides is 1. The summed E-state index contributed by atoms with van der Waals surface area (Å²) < 4.78 is 20.1. The van der Waals surface area contributed by atoms with Crippen LogP contribution in [0, 0.1) is 5.41 Å². The van der Waals surface area contributed by atoms with Crippen molar-refractivity contribution in [1.29, 1.82) is 0 Å². The number of benzene rings is 1. The Labute approximate surface area is 218 Å². The average molecular weight is 507 g/mol. The average Bonchev–Trinajstić information content (AvgIpc) is 3.25. The fourth-order valence-electron chi connectivity index (χ4n) is 5.10. The van der Waals surface area contributed by atoms with Gasteiger partial charge in [-0.3, -0.25) is 4.98 Å². The zero-order valence-corrected chi connectivity index (χ0v) is 22.5. The molecular formula is C29H38N4O4. The number of nitrogens with zero attached hydrogens (tertiary/aromatic N) is 4. The number of carbonyl (C=O) groups excluding carboxylic acids is 1. The summed E-state index contributed by atoms with van der Waals surface area (Å²) in [5, 5.41) is 0. The van der Waals surface area contributed by atoms with Gasteiger partial charge >= 0.3 is 6.09 Å². The Balaban J connectivity index is 1.40. The van der Waals surface area contributed by atoms with Crippen LogP contribution in [0.4, 0.5) is 4.79 Å². The second kappa shape index (κ2) is 10.4. The van der Waals surface area contributed by atoms with Crippen LogP contribution in [-0.4, -0.2) is 51.1 Å². The van der Waals surface area contributed by atoms with E-state index in [-0.39, 0.29) is 18.1 Å². The van der Waals surface area contributed by atoms with Crippen LogP contribution in [0.2, 0.25) is 0 Å². The van der Waals surface area contributed by atoms with Gasteiger partial charge in [-0.25, -0.2) is 9.78 Å². The Bertz CT molecular complexity index is 1240. The summed E-state index contributed by atoms with van der Waals surface area (Å²) >= 11 is 0. The van der Waals surface area contributed by atoms with E-state index in [1.165, 1.54) is 5.56 Å². The Morgan fingerprint density at radius 1 is 1.14 bits per heavy atom. The third kappa shape index (κ3) is 5.65. The van der Waals surface area contributed by atoms with E-state index in [1.54, 1.807) is 4.90 Å². The molecule has 2 aliphatic rings. The Hall–Kier alpha value is -2.97. The van der Waals surface area contributed by atoms with Crippen molar-refractivity contribution in [3.05, 3.63) is 59.2 Å². The lowest BCUT2D eigenvalue weighted by molar-refractivity contribution is -0.284. The first kappa shape index (κ1) is 25.7. The van der Waals surface area contributed by atoms with Crippen molar-refractivity contribution >= 4 is 17.1 Å². The highest BCUT2D eigenvalue weighted by atomic mass is 16.7. The highest BCUT2D eigenvalue weighted by Crippen LogP contribution is 2.34. The van der Waals surface area contributed by atoms with E-state index in [1.807, 2.05) is 50.4 Å². The van der Waals surface area contributed by atoms with Gasteiger partial charge in [0.25, 0.3) is 0 Å². The molecule has 0 aliphatic carbocycles. The van der Waals surface area contributed by atoms with Crippen LogP contribution in [-0.2, 0) is 46.7 Å². The lowest BCUT2D eigenvalue weighted by Gasteiger charge is -2.42. The van der Waals surface area contributed by atoms with Gasteiger partial charge in [-0.2, -0.15) is 0 Å². The second-order valence-corrected chi connectivity index (χ2v) is 11.1. The maximum atomic E-state index is 12.8. The number of aromatic nitrogens is 3. The number of ether oxygens (including phenoxy) is 3. The SMILES string of the molecule is CCCCc1nc2cnc3c(c2n1CC1(C)COC(C)(C)OC1)CCN(C(=O)OCc1ccccc1)C3. The molecular weight excluding hydrogens is 468 g/mol. The molecule has 0 atom stereocenters.